The highest BCUT2D eigenvalue weighted by Crippen LogP contribution is 2.14. The Kier molecular flexibility index (Phi) is 3.18. The lowest BCUT2D eigenvalue weighted by Crippen LogP contribution is -2.19. The highest BCUT2D eigenvalue weighted by Gasteiger charge is 2.12. The molecule has 0 atom stereocenters. The molecule has 0 aromatic heterocycles. The van der Waals surface area contributed by atoms with Crippen LogP contribution in [0.25, 0.3) is 0 Å². The van der Waals surface area contributed by atoms with E-state index < -0.39 is 0 Å². The summed E-state index contributed by atoms with van der Waals surface area (Å²) >= 11 is 0. The summed E-state index contributed by atoms with van der Waals surface area (Å²) in [5, 5.41) is 0. The van der Waals surface area contributed by atoms with E-state index in [2.05, 4.69) is 13.2 Å². The highest BCUT2D eigenvalue weighted by molar-refractivity contribution is 4.84. The van der Waals surface area contributed by atoms with Crippen molar-refractivity contribution in [1.82, 2.24) is 0 Å². The third-order valence-electron chi connectivity index (χ3n) is 0.708. The summed E-state index contributed by atoms with van der Waals surface area (Å²) in [4.78, 5) is 0. The van der Waals surface area contributed by atoms with Gasteiger partial charge in [-0.15, -0.1) is 0 Å². The van der Waals surface area contributed by atoms with Crippen molar-refractivity contribution in [2.24, 2.45) is 0 Å². The fourth-order valence-corrected chi connectivity index (χ4v) is 0.557. The van der Waals surface area contributed by atoms with E-state index in [0.717, 1.165) is 0 Å². The summed E-state index contributed by atoms with van der Waals surface area (Å²) < 4.78 is 10.3. The fraction of sp³-hybridized carbons (Fsp3) is 0.556. The summed E-state index contributed by atoms with van der Waals surface area (Å²) in [6, 6.07) is 0. The Hall–Kier alpha value is -0.920. The SMILES string of the molecule is C=C(C)OC(=C)OC(C)(C)C. The molecule has 2 heteroatoms. The summed E-state index contributed by atoms with van der Waals surface area (Å²) in [5.74, 6) is 0.879. The monoisotopic (exact) mass is 156 g/mol. The van der Waals surface area contributed by atoms with Gasteiger partial charge in [-0.05, 0) is 34.3 Å². The number of allylic oxidation sites excluding steroid dienone is 1. The quantitative estimate of drug-likeness (QED) is 0.585. The van der Waals surface area contributed by atoms with Crippen LogP contribution in [0.15, 0.2) is 24.9 Å². The van der Waals surface area contributed by atoms with Crippen molar-refractivity contribution < 1.29 is 9.47 Å². The van der Waals surface area contributed by atoms with Gasteiger partial charge in [-0.3, -0.25) is 0 Å². The van der Waals surface area contributed by atoms with Gasteiger partial charge in [0.1, 0.15) is 5.60 Å². The molecule has 0 aromatic rings. The summed E-state index contributed by atoms with van der Waals surface area (Å²) in [5.41, 5.74) is -0.257. The van der Waals surface area contributed by atoms with E-state index in [9.17, 15) is 0 Å². The van der Waals surface area contributed by atoms with E-state index in [4.69, 9.17) is 9.47 Å². The van der Waals surface area contributed by atoms with E-state index in [-0.39, 0.29) is 5.60 Å². The van der Waals surface area contributed by atoms with Crippen LogP contribution in [0.1, 0.15) is 27.7 Å². The van der Waals surface area contributed by atoms with E-state index in [1.807, 2.05) is 20.8 Å². The molecule has 0 aliphatic rings. The van der Waals surface area contributed by atoms with Crippen LogP contribution in [0.3, 0.4) is 0 Å². The Balaban J connectivity index is 3.80. The lowest BCUT2D eigenvalue weighted by atomic mass is 10.2. The first-order chi connectivity index (χ1) is 4.81. The van der Waals surface area contributed by atoms with Crippen molar-refractivity contribution in [3.8, 4) is 0 Å². The minimum atomic E-state index is -0.257. The molecule has 0 amide bonds. The predicted molar refractivity (Wildman–Crippen MR) is 45.9 cm³/mol. The highest BCUT2D eigenvalue weighted by atomic mass is 16.7. The first-order valence-electron chi connectivity index (χ1n) is 3.52. The molecule has 0 spiro atoms. The summed E-state index contributed by atoms with van der Waals surface area (Å²) in [6.07, 6.45) is 0. The molecular formula is C9H16O2. The molecule has 0 N–H and O–H groups in total. The smallest absolute Gasteiger partial charge is 0.277 e. The summed E-state index contributed by atoms with van der Waals surface area (Å²) in [7, 11) is 0. The Morgan fingerprint density at radius 3 is 1.91 bits per heavy atom. The molecule has 0 heterocycles. The van der Waals surface area contributed by atoms with Crippen molar-refractivity contribution >= 4 is 0 Å². The molecule has 2 nitrogen and oxygen atoms in total. The lowest BCUT2D eigenvalue weighted by Gasteiger charge is -2.22. The van der Waals surface area contributed by atoms with E-state index >= 15 is 0 Å². The normalized spacial score (nSPS) is 10.5. The van der Waals surface area contributed by atoms with Crippen LogP contribution in [0.2, 0.25) is 0 Å². The predicted octanol–water partition coefficient (Wildman–Crippen LogP) is 2.82. The molecule has 0 radical (unpaired) electrons. The minimum Gasteiger partial charge on any atom is -0.460 e. The van der Waals surface area contributed by atoms with Crippen LogP contribution in [-0.2, 0) is 9.47 Å². The minimum absolute atomic E-state index is 0.257. The van der Waals surface area contributed by atoms with Crippen molar-refractivity contribution in [1.29, 1.82) is 0 Å². The van der Waals surface area contributed by atoms with Crippen molar-refractivity contribution in [3.63, 3.8) is 0 Å². The van der Waals surface area contributed by atoms with Crippen LogP contribution in [0, 0.1) is 0 Å². The van der Waals surface area contributed by atoms with Crippen molar-refractivity contribution in [2.45, 2.75) is 33.3 Å². The van der Waals surface area contributed by atoms with Gasteiger partial charge in [0.15, 0.2) is 0 Å². The third kappa shape index (κ3) is 6.97. The molecule has 0 unspecified atom stereocenters. The molecule has 0 saturated carbocycles. The fourth-order valence-electron chi connectivity index (χ4n) is 0.557. The average molecular weight is 156 g/mol. The topological polar surface area (TPSA) is 18.5 Å². The number of rotatable bonds is 3. The molecule has 64 valence electrons. The Bertz CT molecular complexity index is 163. The third-order valence-corrected chi connectivity index (χ3v) is 0.708. The largest absolute Gasteiger partial charge is 0.460 e. The molecule has 0 bridgehead atoms. The lowest BCUT2D eigenvalue weighted by molar-refractivity contribution is -0.0240. The number of hydrogen-bond acceptors (Lipinski definition) is 2. The first kappa shape index (κ1) is 10.1. The zero-order valence-corrected chi connectivity index (χ0v) is 7.73. The molecule has 0 fully saturated rings. The molecule has 0 rings (SSSR count). The Morgan fingerprint density at radius 1 is 1.18 bits per heavy atom. The van der Waals surface area contributed by atoms with Gasteiger partial charge in [0.25, 0.3) is 5.95 Å². The van der Waals surface area contributed by atoms with Crippen LogP contribution in [0.5, 0.6) is 0 Å². The van der Waals surface area contributed by atoms with Crippen LogP contribution < -0.4 is 0 Å². The maximum Gasteiger partial charge on any atom is 0.277 e. The van der Waals surface area contributed by atoms with E-state index in [0.29, 0.717) is 11.7 Å². The molecule has 11 heavy (non-hydrogen) atoms. The van der Waals surface area contributed by atoms with Gasteiger partial charge in [-0.2, -0.15) is 0 Å². The maximum atomic E-state index is 5.27. The van der Waals surface area contributed by atoms with Gasteiger partial charge in [0.2, 0.25) is 0 Å². The Morgan fingerprint density at radius 2 is 1.64 bits per heavy atom. The molecule has 0 aliphatic heterocycles. The van der Waals surface area contributed by atoms with Gasteiger partial charge in [0.05, 0.1) is 5.76 Å². The van der Waals surface area contributed by atoms with Crippen LogP contribution in [-0.4, -0.2) is 5.60 Å². The van der Waals surface area contributed by atoms with E-state index in [1.165, 1.54) is 0 Å². The van der Waals surface area contributed by atoms with Gasteiger partial charge in [-0.25, -0.2) is 0 Å². The average Bonchev–Trinajstić information content (AvgIpc) is 1.53. The van der Waals surface area contributed by atoms with Crippen LogP contribution in [0.4, 0.5) is 0 Å². The molecule has 0 saturated heterocycles. The first-order valence-corrected chi connectivity index (χ1v) is 3.52. The standard InChI is InChI=1S/C9H16O2/c1-7(2)10-8(3)11-9(4,5)6/h1,3H2,2,4-6H3. The second kappa shape index (κ2) is 3.46. The van der Waals surface area contributed by atoms with Gasteiger partial charge in [-0.1, -0.05) is 6.58 Å². The summed E-state index contributed by atoms with van der Waals surface area (Å²) in [6.45, 7) is 14.7. The zero-order valence-electron chi connectivity index (χ0n) is 7.73. The molecular weight excluding hydrogens is 140 g/mol. The van der Waals surface area contributed by atoms with Gasteiger partial charge < -0.3 is 9.47 Å². The molecule has 0 aromatic carbocycles. The number of ether oxygens (including phenoxy) is 2. The van der Waals surface area contributed by atoms with E-state index in [1.54, 1.807) is 6.92 Å². The maximum absolute atomic E-state index is 5.27. The van der Waals surface area contributed by atoms with Crippen molar-refractivity contribution in [3.05, 3.63) is 24.9 Å². The van der Waals surface area contributed by atoms with Gasteiger partial charge >= 0.3 is 0 Å². The second-order valence-corrected chi connectivity index (χ2v) is 3.39. The Labute approximate surface area is 68.5 Å². The number of hydrogen-bond donors (Lipinski definition) is 0. The van der Waals surface area contributed by atoms with Gasteiger partial charge in [0, 0.05) is 0 Å². The van der Waals surface area contributed by atoms with Crippen LogP contribution >= 0.6 is 0 Å². The molecule has 0 aliphatic carbocycles. The zero-order chi connectivity index (χ0) is 9.07. The van der Waals surface area contributed by atoms with Crippen molar-refractivity contribution in [2.75, 3.05) is 0 Å². The second-order valence-electron chi connectivity index (χ2n) is 3.39.